The Kier molecular flexibility index (Phi) is 5.28. The summed E-state index contributed by atoms with van der Waals surface area (Å²) < 4.78 is 1.93. The van der Waals surface area contributed by atoms with Gasteiger partial charge in [0.15, 0.2) is 0 Å². The number of benzene rings is 1. The molecule has 4 nitrogen and oxygen atoms in total. The number of aryl methyl sites for hydroxylation is 1. The normalized spacial score (nSPS) is 16.5. The third kappa shape index (κ3) is 3.49. The lowest BCUT2D eigenvalue weighted by atomic mass is 9.96. The van der Waals surface area contributed by atoms with Crippen molar-refractivity contribution >= 4 is 23.4 Å². The van der Waals surface area contributed by atoms with Gasteiger partial charge < -0.3 is 9.67 Å². The van der Waals surface area contributed by atoms with Crippen LogP contribution in [-0.2, 0) is 17.8 Å². The van der Waals surface area contributed by atoms with Crippen LogP contribution in [0, 0.1) is 0 Å². The van der Waals surface area contributed by atoms with Crippen molar-refractivity contribution in [3.63, 3.8) is 0 Å². The molecule has 0 aliphatic carbocycles. The summed E-state index contributed by atoms with van der Waals surface area (Å²) in [5, 5.41) is 10.1. The standard InChI is InChI=1S/C20H22ClNO3/c1-2-3-6-13-12-17-16(20(24)25)9-5-10-22(17)18(13)19(23)14-7-4-8-15(21)11-14/h4,7-8,11-12,16H,2-3,5-6,9-10H2,1H3,(H,24,25). The van der Waals surface area contributed by atoms with E-state index in [1.807, 2.05) is 10.6 Å². The van der Waals surface area contributed by atoms with Gasteiger partial charge in [-0.25, -0.2) is 0 Å². The van der Waals surface area contributed by atoms with Gasteiger partial charge in [0.2, 0.25) is 5.78 Å². The number of nitrogens with zero attached hydrogens (tertiary/aromatic N) is 1. The molecule has 1 aromatic heterocycles. The van der Waals surface area contributed by atoms with Crippen molar-refractivity contribution < 1.29 is 14.7 Å². The quantitative estimate of drug-likeness (QED) is 0.762. The van der Waals surface area contributed by atoms with Crippen molar-refractivity contribution in [3.05, 3.63) is 57.9 Å². The number of fused-ring (bicyclic) bond motifs is 1. The lowest BCUT2D eigenvalue weighted by Gasteiger charge is -2.23. The van der Waals surface area contributed by atoms with Crippen molar-refractivity contribution in [1.82, 2.24) is 4.57 Å². The number of carboxylic acid groups (broad SMARTS) is 1. The molecule has 0 fully saturated rings. The van der Waals surface area contributed by atoms with Crippen molar-refractivity contribution in [2.75, 3.05) is 0 Å². The van der Waals surface area contributed by atoms with Gasteiger partial charge in [-0.2, -0.15) is 0 Å². The van der Waals surface area contributed by atoms with Crippen LogP contribution in [-0.4, -0.2) is 21.4 Å². The lowest BCUT2D eigenvalue weighted by Crippen LogP contribution is -2.24. The molecule has 0 amide bonds. The molecule has 0 saturated carbocycles. The average Bonchev–Trinajstić information content (AvgIpc) is 2.97. The van der Waals surface area contributed by atoms with Crippen molar-refractivity contribution in [2.45, 2.75) is 51.5 Å². The number of halogens is 1. The van der Waals surface area contributed by atoms with Gasteiger partial charge >= 0.3 is 5.97 Å². The second-order valence-electron chi connectivity index (χ2n) is 6.57. The Balaban J connectivity index is 2.10. The van der Waals surface area contributed by atoms with E-state index >= 15 is 0 Å². The Morgan fingerprint density at radius 2 is 2.12 bits per heavy atom. The summed E-state index contributed by atoms with van der Waals surface area (Å²) in [6.07, 6.45) is 4.16. The van der Waals surface area contributed by atoms with Crippen LogP contribution in [0.2, 0.25) is 5.02 Å². The second kappa shape index (κ2) is 7.44. The molecule has 25 heavy (non-hydrogen) atoms. The number of carbonyl (C=O) groups is 2. The summed E-state index contributed by atoms with van der Waals surface area (Å²) in [6.45, 7) is 2.79. The van der Waals surface area contributed by atoms with Crippen LogP contribution in [0.4, 0.5) is 0 Å². The number of aliphatic carboxylic acids is 1. The Labute approximate surface area is 152 Å². The van der Waals surface area contributed by atoms with Gasteiger partial charge in [0, 0.05) is 22.8 Å². The van der Waals surface area contributed by atoms with Crippen LogP contribution in [0.25, 0.3) is 0 Å². The lowest BCUT2D eigenvalue weighted by molar-refractivity contribution is -0.139. The van der Waals surface area contributed by atoms with Gasteiger partial charge in [0.05, 0.1) is 11.6 Å². The molecule has 0 spiro atoms. The molecular formula is C20H22ClNO3. The summed E-state index contributed by atoms with van der Waals surface area (Å²) in [4.78, 5) is 24.8. The molecule has 1 unspecified atom stereocenters. The number of carboxylic acids is 1. The average molecular weight is 360 g/mol. The van der Waals surface area contributed by atoms with Crippen molar-refractivity contribution in [3.8, 4) is 0 Å². The molecule has 1 aliphatic heterocycles. The molecule has 5 heteroatoms. The molecule has 3 rings (SSSR count). The van der Waals surface area contributed by atoms with Gasteiger partial charge in [0.1, 0.15) is 0 Å². The first-order chi connectivity index (χ1) is 12.0. The van der Waals surface area contributed by atoms with Crippen LogP contribution in [0.3, 0.4) is 0 Å². The van der Waals surface area contributed by atoms with Crippen LogP contribution >= 0.6 is 11.6 Å². The van der Waals surface area contributed by atoms with E-state index in [0.717, 1.165) is 36.9 Å². The van der Waals surface area contributed by atoms with Crippen molar-refractivity contribution in [1.29, 1.82) is 0 Å². The maximum absolute atomic E-state index is 13.2. The number of ketones is 1. The van der Waals surface area contributed by atoms with Crippen LogP contribution < -0.4 is 0 Å². The SMILES string of the molecule is CCCCc1cc2n(c1C(=O)c1cccc(Cl)c1)CCCC2C(=O)O. The van der Waals surface area contributed by atoms with Gasteiger partial charge in [-0.3, -0.25) is 9.59 Å². The van der Waals surface area contributed by atoms with Crippen LogP contribution in [0.15, 0.2) is 30.3 Å². The number of rotatable bonds is 6. The largest absolute Gasteiger partial charge is 0.481 e. The second-order valence-corrected chi connectivity index (χ2v) is 7.01. The highest BCUT2D eigenvalue weighted by Crippen LogP contribution is 2.34. The zero-order valence-corrected chi connectivity index (χ0v) is 15.1. The van der Waals surface area contributed by atoms with Crippen molar-refractivity contribution in [2.24, 2.45) is 0 Å². The molecule has 0 bridgehead atoms. The van der Waals surface area contributed by atoms with Crippen LogP contribution in [0.5, 0.6) is 0 Å². The minimum atomic E-state index is -0.817. The molecule has 1 N–H and O–H groups in total. The molecule has 0 radical (unpaired) electrons. The Hall–Kier alpha value is -2.07. The number of carbonyl (C=O) groups excluding carboxylic acids is 1. The van der Waals surface area contributed by atoms with E-state index in [0.29, 0.717) is 29.2 Å². The van der Waals surface area contributed by atoms with E-state index in [9.17, 15) is 14.7 Å². The summed E-state index contributed by atoms with van der Waals surface area (Å²) >= 11 is 6.05. The maximum Gasteiger partial charge on any atom is 0.312 e. The highest BCUT2D eigenvalue weighted by molar-refractivity contribution is 6.31. The first-order valence-electron chi connectivity index (χ1n) is 8.78. The predicted octanol–water partition coefficient (Wildman–Crippen LogP) is 4.68. The molecule has 2 aromatic rings. The third-order valence-electron chi connectivity index (χ3n) is 4.84. The summed E-state index contributed by atoms with van der Waals surface area (Å²) in [7, 11) is 0. The first-order valence-corrected chi connectivity index (χ1v) is 9.16. The molecule has 132 valence electrons. The highest BCUT2D eigenvalue weighted by atomic mass is 35.5. The van der Waals surface area contributed by atoms with Crippen LogP contribution in [0.1, 0.15) is 65.8 Å². The van der Waals surface area contributed by atoms with E-state index in [-0.39, 0.29) is 5.78 Å². The number of unbranched alkanes of at least 4 members (excludes halogenated alkanes) is 1. The fraction of sp³-hybridized carbons (Fsp3) is 0.400. The summed E-state index contributed by atoms with van der Waals surface area (Å²) in [6, 6.07) is 8.87. The fourth-order valence-electron chi connectivity index (χ4n) is 3.60. The third-order valence-corrected chi connectivity index (χ3v) is 5.07. The molecule has 0 saturated heterocycles. The van der Waals surface area contributed by atoms with E-state index in [2.05, 4.69) is 6.92 Å². The van der Waals surface area contributed by atoms with E-state index in [4.69, 9.17) is 11.6 Å². The zero-order valence-electron chi connectivity index (χ0n) is 14.3. The predicted molar refractivity (Wildman–Crippen MR) is 97.5 cm³/mol. The summed E-state index contributed by atoms with van der Waals surface area (Å²) in [5.74, 6) is -1.43. The molecule has 2 heterocycles. The first kappa shape index (κ1) is 17.7. The van der Waals surface area contributed by atoms with Gasteiger partial charge in [-0.15, -0.1) is 0 Å². The van der Waals surface area contributed by atoms with E-state index in [1.54, 1.807) is 24.3 Å². The number of hydrogen-bond acceptors (Lipinski definition) is 2. The highest BCUT2D eigenvalue weighted by Gasteiger charge is 2.32. The topological polar surface area (TPSA) is 59.3 Å². The molecule has 1 atom stereocenters. The fourth-order valence-corrected chi connectivity index (χ4v) is 3.79. The Bertz CT molecular complexity index is 809. The molecule has 1 aliphatic rings. The van der Waals surface area contributed by atoms with E-state index in [1.165, 1.54) is 0 Å². The minimum Gasteiger partial charge on any atom is -0.481 e. The summed E-state index contributed by atoms with van der Waals surface area (Å²) in [5.41, 5.74) is 2.89. The molecule has 1 aromatic carbocycles. The number of aromatic nitrogens is 1. The smallest absolute Gasteiger partial charge is 0.312 e. The Morgan fingerprint density at radius 3 is 2.80 bits per heavy atom. The van der Waals surface area contributed by atoms with Gasteiger partial charge in [-0.1, -0.05) is 37.1 Å². The maximum atomic E-state index is 13.2. The molecular weight excluding hydrogens is 338 g/mol. The van der Waals surface area contributed by atoms with Gasteiger partial charge in [-0.05, 0) is 49.4 Å². The monoisotopic (exact) mass is 359 g/mol. The van der Waals surface area contributed by atoms with Gasteiger partial charge in [0.25, 0.3) is 0 Å². The van der Waals surface area contributed by atoms with E-state index < -0.39 is 11.9 Å². The Morgan fingerprint density at radius 1 is 1.32 bits per heavy atom. The minimum absolute atomic E-state index is 0.0779. The number of hydrogen-bond donors (Lipinski definition) is 1. The zero-order chi connectivity index (χ0) is 18.0.